The number of aromatic nitrogens is 1. The minimum atomic E-state index is -0.847. The van der Waals surface area contributed by atoms with E-state index < -0.39 is 11.6 Å². The standard InChI is InChI=1S/C14H16F2N2S/c1-8(2)14-13(18-12(19-14)5-6-17)9-3-4-10(15)11(16)7-9/h3-4,7-8H,5-6,17H2,1-2H3. The third-order valence-corrected chi connectivity index (χ3v) is 4.19. The van der Waals surface area contributed by atoms with Gasteiger partial charge in [0, 0.05) is 16.9 Å². The van der Waals surface area contributed by atoms with Gasteiger partial charge in [0.25, 0.3) is 0 Å². The molecule has 1 heterocycles. The predicted molar refractivity (Wildman–Crippen MR) is 74.3 cm³/mol. The molecule has 0 aliphatic heterocycles. The molecule has 0 saturated heterocycles. The van der Waals surface area contributed by atoms with Crippen molar-refractivity contribution >= 4 is 11.3 Å². The monoisotopic (exact) mass is 282 g/mol. The summed E-state index contributed by atoms with van der Waals surface area (Å²) in [5.41, 5.74) is 6.89. The molecule has 0 saturated carbocycles. The van der Waals surface area contributed by atoms with E-state index in [4.69, 9.17) is 5.73 Å². The second kappa shape index (κ2) is 5.75. The summed E-state index contributed by atoms with van der Waals surface area (Å²) in [5, 5.41) is 0.936. The van der Waals surface area contributed by atoms with Crippen molar-refractivity contribution in [2.75, 3.05) is 6.54 Å². The second-order valence-electron chi connectivity index (χ2n) is 4.64. The molecule has 0 unspecified atom stereocenters. The number of halogens is 2. The first-order chi connectivity index (χ1) is 9.02. The van der Waals surface area contributed by atoms with Crippen LogP contribution in [0.25, 0.3) is 11.3 Å². The molecule has 0 atom stereocenters. The third kappa shape index (κ3) is 2.98. The van der Waals surface area contributed by atoms with Crippen LogP contribution in [0.5, 0.6) is 0 Å². The number of benzene rings is 1. The van der Waals surface area contributed by atoms with Gasteiger partial charge in [-0.3, -0.25) is 0 Å². The lowest BCUT2D eigenvalue weighted by molar-refractivity contribution is 0.509. The smallest absolute Gasteiger partial charge is 0.159 e. The van der Waals surface area contributed by atoms with Crippen molar-refractivity contribution in [2.45, 2.75) is 26.2 Å². The Labute approximate surface area is 115 Å². The summed E-state index contributed by atoms with van der Waals surface area (Å²) in [7, 11) is 0. The van der Waals surface area contributed by atoms with E-state index in [9.17, 15) is 8.78 Å². The van der Waals surface area contributed by atoms with Gasteiger partial charge in [0.05, 0.1) is 10.7 Å². The molecule has 19 heavy (non-hydrogen) atoms. The van der Waals surface area contributed by atoms with Gasteiger partial charge in [0.2, 0.25) is 0 Å². The Bertz CT molecular complexity index is 579. The fourth-order valence-electron chi connectivity index (χ4n) is 1.85. The number of thiazole rings is 1. The molecule has 5 heteroatoms. The molecule has 2 nitrogen and oxygen atoms in total. The summed E-state index contributed by atoms with van der Waals surface area (Å²) in [6.07, 6.45) is 0.702. The Morgan fingerprint density at radius 3 is 2.58 bits per heavy atom. The number of hydrogen-bond donors (Lipinski definition) is 1. The normalized spacial score (nSPS) is 11.3. The minimum Gasteiger partial charge on any atom is -0.330 e. The molecule has 0 bridgehead atoms. The summed E-state index contributed by atoms with van der Waals surface area (Å²) in [5.74, 6) is -1.40. The summed E-state index contributed by atoms with van der Waals surface area (Å²) < 4.78 is 26.3. The Kier molecular flexibility index (Phi) is 4.27. The first kappa shape index (κ1) is 14.1. The van der Waals surface area contributed by atoms with Crippen molar-refractivity contribution in [3.05, 3.63) is 39.7 Å². The largest absolute Gasteiger partial charge is 0.330 e. The SMILES string of the molecule is CC(C)c1sc(CCN)nc1-c1ccc(F)c(F)c1. The van der Waals surface area contributed by atoms with Crippen LogP contribution in [0, 0.1) is 11.6 Å². The Hall–Kier alpha value is -1.33. The van der Waals surface area contributed by atoms with Crippen LogP contribution in [0.1, 0.15) is 29.7 Å². The molecule has 2 aromatic rings. The molecule has 0 aliphatic rings. The molecule has 2 rings (SSSR count). The predicted octanol–water partition coefficient (Wildman–Crippen LogP) is 3.71. The van der Waals surface area contributed by atoms with Crippen molar-refractivity contribution in [1.29, 1.82) is 0 Å². The van der Waals surface area contributed by atoms with Crippen LogP contribution >= 0.6 is 11.3 Å². The van der Waals surface area contributed by atoms with Crippen molar-refractivity contribution in [3.63, 3.8) is 0 Å². The van der Waals surface area contributed by atoms with Gasteiger partial charge in [-0.05, 0) is 30.7 Å². The first-order valence-corrected chi connectivity index (χ1v) is 6.99. The lowest BCUT2D eigenvalue weighted by Gasteiger charge is -2.05. The van der Waals surface area contributed by atoms with Crippen LogP contribution < -0.4 is 5.73 Å². The molecule has 0 amide bonds. The zero-order valence-electron chi connectivity index (χ0n) is 10.9. The highest BCUT2D eigenvalue weighted by atomic mass is 32.1. The van der Waals surface area contributed by atoms with Crippen LogP contribution in [0.15, 0.2) is 18.2 Å². The molecular weight excluding hydrogens is 266 g/mol. The van der Waals surface area contributed by atoms with E-state index in [1.54, 1.807) is 17.4 Å². The van der Waals surface area contributed by atoms with E-state index in [2.05, 4.69) is 18.8 Å². The van der Waals surface area contributed by atoms with Gasteiger partial charge >= 0.3 is 0 Å². The second-order valence-corrected chi connectivity index (χ2v) is 5.76. The van der Waals surface area contributed by atoms with E-state index in [1.807, 2.05) is 0 Å². The van der Waals surface area contributed by atoms with E-state index in [-0.39, 0.29) is 5.92 Å². The lowest BCUT2D eigenvalue weighted by atomic mass is 10.1. The number of nitrogens with two attached hydrogens (primary N) is 1. The summed E-state index contributed by atoms with van der Waals surface area (Å²) in [4.78, 5) is 5.59. The molecule has 1 aromatic carbocycles. The molecule has 0 fully saturated rings. The highest BCUT2D eigenvalue weighted by Crippen LogP contribution is 2.34. The van der Waals surface area contributed by atoms with Crippen LogP contribution in [-0.2, 0) is 6.42 Å². The van der Waals surface area contributed by atoms with Crippen LogP contribution in [0.4, 0.5) is 8.78 Å². The quantitative estimate of drug-likeness (QED) is 0.928. The molecule has 2 N–H and O–H groups in total. The topological polar surface area (TPSA) is 38.9 Å². The third-order valence-electron chi connectivity index (χ3n) is 2.77. The van der Waals surface area contributed by atoms with Gasteiger partial charge in [0.1, 0.15) is 0 Å². The number of hydrogen-bond acceptors (Lipinski definition) is 3. The molecule has 0 radical (unpaired) electrons. The molecule has 102 valence electrons. The molecular formula is C14H16F2N2S. The van der Waals surface area contributed by atoms with Crippen molar-refractivity contribution < 1.29 is 8.78 Å². The Morgan fingerprint density at radius 1 is 1.26 bits per heavy atom. The number of rotatable bonds is 4. The number of nitrogens with zero attached hydrogens (tertiary/aromatic N) is 1. The molecule has 0 aliphatic carbocycles. The van der Waals surface area contributed by atoms with Crippen molar-refractivity contribution in [2.24, 2.45) is 5.73 Å². The summed E-state index contributed by atoms with van der Waals surface area (Å²) in [6.45, 7) is 4.65. The maximum atomic E-state index is 13.3. The molecule has 1 aromatic heterocycles. The van der Waals surface area contributed by atoms with Gasteiger partial charge in [-0.15, -0.1) is 11.3 Å². The van der Waals surface area contributed by atoms with Gasteiger partial charge < -0.3 is 5.73 Å². The fraction of sp³-hybridized carbons (Fsp3) is 0.357. The zero-order valence-corrected chi connectivity index (χ0v) is 11.7. The fourth-order valence-corrected chi connectivity index (χ4v) is 2.96. The zero-order chi connectivity index (χ0) is 14.0. The van der Waals surface area contributed by atoms with Gasteiger partial charge in [0.15, 0.2) is 11.6 Å². The van der Waals surface area contributed by atoms with Crippen molar-refractivity contribution in [3.8, 4) is 11.3 Å². The van der Waals surface area contributed by atoms with Crippen LogP contribution in [0.3, 0.4) is 0 Å². The maximum Gasteiger partial charge on any atom is 0.159 e. The maximum absolute atomic E-state index is 13.3. The van der Waals surface area contributed by atoms with E-state index >= 15 is 0 Å². The Balaban J connectivity index is 2.49. The van der Waals surface area contributed by atoms with Gasteiger partial charge in [-0.1, -0.05) is 13.8 Å². The average Bonchev–Trinajstić information content (AvgIpc) is 2.77. The van der Waals surface area contributed by atoms with Gasteiger partial charge in [-0.25, -0.2) is 13.8 Å². The van der Waals surface area contributed by atoms with E-state index in [0.29, 0.717) is 18.5 Å². The van der Waals surface area contributed by atoms with Crippen LogP contribution in [-0.4, -0.2) is 11.5 Å². The minimum absolute atomic E-state index is 0.284. The van der Waals surface area contributed by atoms with E-state index in [0.717, 1.165) is 21.6 Å². The lowest BCUT2D eigenvalue weighted by Crippen LogP contribution is -2.01. The van der Waals surface area contributed by atoms with Crippen LogP contribution in [0.2, 0.25) is 0 Å². The molecule has 0 spiro atoms. The summed E-state index contributed by atoms with van der Waals surface area (Å²) in [6, 6.07) is 3.89. The highest BCUT2D eigenvalue weighted by Gasteiger charge is 2.16. The van der Waals surface area contributed by atoms with Gasteiger partial charge in [-0.2, -0.15) is 0 Å². The average molecular weight is 282 g/mol. The van der Waals surface area contributed by atoms with Crippen molar-refractivity contribution in [1.82, 2.24) is 4.98 Å². The Morgan fingerprint density at radius 2 is 2.00 bits per heavy atom. The first-order valence-electron chi connectivity index (χ1n) is 6.18. The summed E-state index contributed by atoms with van der Waals surface area (Å²) >= 11 is 1.59. The van der Waals surface area contributed by atoms with E-state index in [1.165, 1.54) is 6.07 Å². The highest BCUT2D eigenvalue weighted by molar-refractivity contribution is 7.12.